The zero-order chi connectivity index (χ0) is 30.4. The third-order valence-corrected chi connectivity index (χ3v) is 7.80. The summed E-state index contributed by atoms with van der Waals surface area (Å²) in [6.07, 6.45) is 0.787. The Hall–Kier alpha value is -4.16. The lowest BCUT2D eigenvalue weighted by molar-refractivity contribution is -0.142. The highest BCUT2D eigenvalue weighted by atomic mass is 16.6. The summed E-state index contributed by atoms with van der Waals surface area (Å²) in [6.45, 7) is 5.19. The SMILES string of the molecule is CC(C)[C@@H]1NC(=O)[C@H]2CCCN2C(=O)[C@H](C)NC(=O)CN(C(=O)CN2CCOC2=O)C[C@H](Cc2ccccc2)NC1=O. The van der Waals surface area contributed by atoms with E-state index in [2.05, 4.69) is 16.0 Å². The van der Waals surface area contributed by atoms with Crippen LogP contribution in [0.4, 0.5) is 4.79 Å². The van der Waals surface area contributed by atoms with E-state index in [4.69, 9.17) is 4.74 Å². The van der Waals surface area contributed by atoms with Gasteiger partial charge in [-0.3, -0.25) is 28.9 Å². The number of hydrogen-bond donors (Lipinski definition) is 3. The molecule has 0 saturated carbocycles. The molecule has 4 atom stereocenters. The summed E-state index contributed by atoms with van der Waals surface area (Å²) >= 11 is 0. The molecule has 0 aliphatic carbocycles. The van der Waals surface area contributed by atoms with E-state index in [1.54, 1.807) is 0 Å². The van der Waals surface area contributed by atoms with Crippen LogP contribution in [0.2, 0.25) is 0 Å². The summed E-state index contributed by atoms with van der Waals surface area (Å²) in [5, 5.41) is 8.52. The first-order valence-corrected chi connectivity index (χ1v) is 14.5. The molecule has 3 aliphatic heterocycles. The second kappa shape index (κ2) is 13.7. The third-order valence-electron chi connectivity index (χ3n) is 7.80. The molecule has 13 nitrogen and oxygen atoms in total. The molecular formula is C29H40N6O7. The molecule has 13 heteroatoms. The van der Waals surface area contributed by atoms with Crippen LogP contribution in [0, 0.1) is 5.92 Å². The highest BCUT2D eigenvalue weighted by Gasteiger charge is 2.39. The number of cyclic esters (lactones) is 1. The Kier molecular flexibility index (Phi) is 10.0. The fourth-order valence-electron chi connectivity index (χ4n) is 5.56. The van der Waals surface area contributed by atoms with Crippen LogP contribution in [0.25, 0.3) is 0 Å². The van der Waals surface area contributed by atoms with Crippen molar-refractivity contribution >= 4 is 35.6 Å². The van der Waals surface area contributed by atoms with Crippen LogP contribution in [0.1, 0.15) is 39.2 Å². The zero-order valence-electron chi connectivity index (χ0n) is 24.3. The first kappa shape index (κ1) is 30.8. The van der Waals surface area contributed by atoms with Crippen LogP contribution in [-0.2, 0) is 35.1 Å². The van der Waals surface area contributed by atoms with Crippen molar-refractivity contribution in [2.75, 3.05) is 39.3 Å². The number of rotatable bonds is 5. The Morgan fingerprint density at radius 3 is 2.40 bits per heavy atom. The first-order chi connectivity index (χ1) is 20.0. The molecule has 228 valence electrons. The molecule has 0 unspecified atom stereocenters. The minimum atomic E-state index is -0.942. The third kappa shape index (κ3) is 7.56. The van der Waals surface area contributed by atoms with E-state index in [-0.39, 0.29) is 32.2 Å². The number of amides is 6. The number of ether oxygens (including phenoxy) is 1. The number of carbonyl (C=O) groups is 6. The van der Waals surface area contributed by atoms with Gasteiger partial charge in [0.15, 0.2) is 0 Å². The van der Waals surface area contributed by atoms with Crippen molar-refractivity contribution < 1.29 is 33.5 Å². The van der Waals surface area contributed by atoms with Crippen molar-refractivity contribution in [3.63, 3.8) is 0 Å². The van der Waals surface area contributed by atoms with Crippen molar-refractivity contribution in [2.45, 2.75) is 64.2 Å². The van der Waals surface area contributed by atoms with Gasteiger partial charge < -0.3 is 30.5 Å². The Balaban J connectivity index is 1.66. The van der Waals surface area contributed by atoms with Gasteiger partial charge in [-0.2, -0.15) is 0 Å². The second-order valence-corrected chi connectivity index (χ2v) is 11.4. The van der Waals surface area contributed by atoms with Crippen LogP contribution >= 0.6 is 0 Å². The van der Waals surface area contributed by atoms with Gasteiger partial charge in [-0.1, -0.05) is 44.2 Å². The van der Waals surface area contributed by atoms with Crippen LogP contribution in [0.15, 0.2) is 30.3 Å². The molecule has 4 rings (SSSR count). The number of carbonyl (C=O) groups excluding carboxylic acids is 6. The minimum Gasteiger partial charge on any atom is -0.448 e. The summed E-state index contributed by atoms with van der Waals surface area (Å²) < 4.78 is 4.94. The quantitative estimate of drug-likeness (QED) is 0.427. The lowest BCUT2D eigenvalue weighted by Crippen LogP contribution is -2.58. The van der Waals surface area contributed by atoms with Gasteiger partial charge in [0, 0.05) is 13.1 Å². The van der Waals surface area contributed by atoms with Gasteiger partial charge in [-0.05, 0) is 37.7 Å². The Morgan fingerprint density at radius 1 is 1.00 bits per heavy atom. The van der Waals surface area contributed by atoms with E-state index in [0.29, 0.717) is 25.8 Å². The van der Waals surface area contributed by atoms with Crippen molar-refractivity contribution in [3.05, 3.63) is 35.9 Å². The number of hydrogen-bond acceptors (Lipinski definition) is 7. The Bertz CT molecular complexity index is 1190. The lowest BCUT2D eigenvalue weighted by atomic mass is 10.0. The molecular weight excluding hydrogens is 544 g/mol. The lowest BCUT2D eigenvalue weighted by Gasteiger charge is -2.31. The fourth-order valence-corrected chi connectivity index (χ4v) is 5.56. The molecule has 42 heavy (non-hydrogen) atoms. The van der Waals surface area contributed by atoms with Crippen LogP contribution in [-0.4, -0.2) is 114 Å². The maximum Gasteiger partial charge on any atom is 0.410 e. The summed E-state index contributed by atoms with van der Waals surface area (Å²) in [7, 11) is 0. The molecule has 3 saturated heterocycles. The molecule has 0 spiro atoms. The fraction of sp³-hybridized carbons (Fsp3) is 0.586. The molecule has 3 aliphatic rings. The van der Waals surface area contributed by atoms with E-state index >= 15 is 0 Å². The van der Waals surface area contributed by atoms with Gasteiger partial charge in [-0.25, -0.2) is 4.79 Å². The normalized spacial score (nSPS) is 26.2. The van der Waals surface area contributed by atoms with Crippen molar-refractivity contribution in [2.24, 2.45) is 5.92 Å². The molecule has 1 aromatic rings. The second-order valence-electron chi connectivity index (χ2n) is 11.4. The van der Waals surface area contributed by atoms with E-state index < -0.39 is 66.3 Å². The summed E-state index contributed by atoms with van der Waals surface area (Å²) in [6, 6.07) is 6.16. The molecule has 6 amide bonds. The number of nitrogens with zero attached hydrogens (tertiary/aromatic N) is 3. The highest BCUT2D eigenvalue weighted by Crippen LogP contribution is 2.20. The van der Waals surface area contributed by atoms with E-state index in [1.165, 1.54) is 21.6 Å². The number of nitrogens with one attached hydrogen (secondary N) is 3. The van der Waals surface area contributed by atoms with Gasteiger partial charge in [-0.15, -0.1) is 0 Å². The van der Waals surface area contributed by atoms with Crippen molar-refractivity contribution in [1.29, 1.82) is 0 Å². The maximum atomic E-state index is 13.7. The maximum absolute atomic E-state index is 13.7. The topological polar surface area (TPSA) is 157 Å². The smallest absolute Gasteiger partial charge is 0.410 e. The predicted molar refractivity (Wildman–Crippen MR) is 151 cm³/mol. The van der Waals surface area contributed by atoms with Gasteiger partial charge in [0.1, 0.15) is 31.3 Å². The monoisotopic (exact) mass is 584 g/mol. The number of benzene rings is 1. The highest BCUT2D eigenvalue weighted by molar-refractivity contribution is 5.95. The van der Waals surface area contributed by atoms with Crippen LogP contribution in [0.3, 0.4) is 0 Å². The van der Waals surface area contributed by atoms with Crippen molar-refractivity contribution in [3.8, 4) is 0 Å². The van der Waals surface area contributed by atoms with Gasteiger partial charge >= 0.3 is 6.09 Å². The summed E-state index contributed by atoms with van der Waals surface area (Å²) in [4.78, 5) is 83.0. The Labute approximate surface area is 245 Å². The van der Waals surface area contributed by atoms with E-state index in [0.717, 1.165) is 5.56 Å². The van der Waals surface area contributed by atoms with Crippen LogP contribution in [0.5, 0.6) is 0 Å². The first-order valence-electron chi connectivity index (χ1n) is 14.5. The summed E-state index contributed by atoms with van der Waals surface area (Å²) in [5.41, 5.74) is 0.895. The van der Waals surface area contributed by atoms with Gasteiger partial charge in [0.25, 0.3) is 0 Å². The molecule has 3 fully saturated rings. The molecule has 3 heterocycles. The average molecular weight is 585 g/mol. The standard InChI is InChI=1S/C29H40N6O7/c1-18(2)25-27(39)31-21(14-20-8-5-4-6-9-20)15-34(24(37)17-33-12-13-42-29(33)41)16-23(36)30-19(3)28(40)35-11-7-10-22(35)26(38)32-25/h4-6,8-9,18-19,21-22,25H,7,10-17H2,1-3H3,(H,30,36)(H,31,39)(H,32,38)/t19-,21-,22+,25-/m0/s1. The van der Waals surface area contributed by atoms with Gasteiger partial charge in [0.05, 0.1) is 19.1 Å². The van der Waals surface area contributed by atoms with Crippen LogP contribution < -0.4 is 16.0 Å². The average Bonchev–Trinajstić information content (AvgIpc) is 3.59. The van der Waals surface area contributed by atoms with Crippen molar-refractivity contribution in [1.82, 2.24) is 30.7 Å². The zero-order valence-corrected chi connectivity index (χ0v) is 24.3. The van der Waals surface area contributed by atoms with Gasteiger partial charge in [0.2, 0.25) is 29.5 Å². The largest absolute Gasteiger partial charge is 0.448 e. The molecule has 1 aromatic carbocycles. The Morgan fingerprint density at radius 2 is 1.74 bits per heavy atom. The molecule has 0 aromatic heterocycles. The molecule has 0 bridgehead atoms. The minimum absolute atomic E-state index is 0.0500. The van der Waals surface area contributed by atoms with E-state index in [1.807, 2.05) is 44.2 Å². The molecule has 3 N–H and O–H groups in total. The van der Waals surface area contributed by atoms with E-state index in [9.17, 15) is 28.8 Å². The molecule has 0 radical (unpaired) electrons. The predicted octanol–water partition coefficient (Wildman–Crippen LogP) is -0.355. The summed E-state index contributed by atoms with van der Waals surface area (Å²) in [5.74, 6) is -2.62. The number of fused-ring (bicyclic) bond motifs is 1.